The van der Waals surface area contributed by atoms with E-state index in [2.05, 4.69) is 24.2 Å². The average Bonchev–Trinajstić information content (AvgIpc) is 2.27. The summed E-state index contributed by atoms with van der Waals surface area (Å²) >= 11 is 0. The molecule has 1 saturated carbocycles. The maximum Gasteiger partial charge on any atom is 0.188 e. The maximum atomic E-state index is 5.85. The predicted molar refractivity (Wildman–Crippen MR) is 66.0 cm³/mol. The second kappa shape index (κ2) is 6.70. The molecule has 88 valence electrons. The summed E-state index contributed by atoms with van der Waals surface area (Å²) in [5, 5.41) is 3.38. The molecule has 0 heterocycles. The normalized spacial score (nSPS) is 27.7. The van der Waals surface area contributed by atoms with Gasteiger partial charge in [0.1, 0.15) is 0 Å². The predicted octanol–water partition coefficient (Wildman–Crippen LogP) is 2.27. The van der Waals surface area contributed by atoms with Crippen LogP contribution in [-0.4, -0.2) is 18.5 Å². The zero-order chi connectivity index (χ0) is 11.1. The van der Waals surface area contributed by atoms with Crippen LogP contribution in [0.4, 0.5) is 0 Å². The van der Waals surface area contributed by atoms with Gasteiger partial charge < -0.3 is 11.1 Å². The number of hydrogen-bond acceptors (Lipinski definition) is 1. The first-order chi connectivity index (χ1) is 7.27. The molecule has 3 N–H and O–H groups in total. The Balaban J connectivity index is 2.40. The highest BCUT2D eigenvalue weighted by atomic mass is 15.1. The molecule has 0 spiro atoms. The lowest BCUT2D eigenvalue weighted by Gasteiger charge is -2.31. The monoisotopic (exact) mass is 211 g/mol. The molecule has 3 heteroatoms. The summed E-state index contributed by atoms with van der Waals surface area (Å²) in [6.07, 6.45) is 7.61. The van der Waals surface area contributed by atoms with Crippen molar-refractivity contribution in [1.82, 2.24) is 5.32 Å². The summed E-state index contributed by atoms with van der Waals surface area (Å²) in [5.41, 5.74) is 5.85. The van der Waals surface area contributed by atoms with Crippen LogP contribution in [0.3, 0.4) is 0 Å². The lowest BCUT2D eigenvalue weighted by atomic mass is 9.83. The molecule has 0 aromatic heterocycles. The van der Waals surface area contributed by atoms with E-state index in [1.807, 2.05) is 0 Å². The molecule has 0 saturated heterocycles. The fourth-order valence-corrected chi connectivity index (χ4v) is 2.35. The van der Waals surface area contributed by atoms with E-state index in [4.69, 9.17) is 5.73 Å². The van der Waals surface area contributed by atoms with Gasteiger partial charge in [-0.1, -0.05) is 33.1 Å². The fourth-order valence-electron chi connectivity index (χ4n) is 2.35. The highest BCUT2D eigenvalue weighted by molar-refractivity contribution is 5.78. The van der Waals surface area contributed by atoms with Crippen LogP contribution in [0.2, 0.25) is 0 Å². The van der Waals surface area contributed by atoms with E-state index < -0.39 is 0 Å². The van der Waals surface area contributed by atoms with Crippen molar-refractivity contribution in [2.45, 2.75) is 58.4 Å². The van der Waals surface area contributed by atoms with Crippen LogP contribution in [0.15, 0.2) is 4.99 Å². The molecule has 1 rings (SSSR count). The second-order valence-corrected chi connectivity index (χ2v) is 4.47. The summed E-state index contributed by atoms with van der Waals surface area (Å²) in [7, 11) is 0. The van der Waals surface area contributed by atoms with Gasteiger partial charge in [-0.25, -0.2) is 0 Å². The van der Waals surface area contributed by atoms with Crippen LogP contribution >= 0.6 is 0 Å². The first kappa shape index (κ1) is 12.3. The highest BCUT2D eigenvalue weighted by Crippen LogP contribution is 2.26. The third kappa shape index (κ3) is 4.10. The van der Waals surface area contributed by atoms with Crippen LogP contribution < -0.4 is 11.1 Å². The number of rotatable bonds is 4. The lowest BCUT2D eigenvalue weighted by Crippen LogP contribution is -2.45. The molecule has 0 aromatic rings. The smallest absolute Gasteiger partial charge is 0.188 e. The summed E-state index contributed by atoms with van der Waals surface area (Å²) in [4.78, 5) is 4.29. The SMILES string of the molecule is CCCN=C(N)NC1CCCCC1CC. The van der Waals surface area contributed by atoms with Gasteiger partial charge in [-0.2, -0.15) is 0 Å². The van der Waals surface area contributed by atoms with E-state index in [-0.39, 0.29) is 0 Å². The number of guanidine groups is 1. The van der Waals surface area contributed by atoms with E-state index >= 15 is 0 Å². The van der Waals surface area contributed by atoms with Crippen molar-refractivity contribution in [2.75, 3.05) is 6.54 Å². The molecule has 2 atom stereocenters. The van der Waals surface area contributed by atoms with Crippen LogP contribution in [0.5, 0.6) is 0 Å². The summed E-state index contributed by atoms with van der Waals surface area (Å²) in [5.74, 6) is 1.43. The highest BCUT2D eigenvalue weighted by Gasteiger charge is 2.23. The Kier molecular flexibility index (Phi) is 5.51. The summed E-state index contributed by atoms with van der Waals surface area (Å²) in [6.45, 7) is 5.22. The van der Waals surface area contributed by atoms with Gasteiger partial charge in [-0.15, -0.1) is 0 Å². The number of hydrogen-bond donors (Lipinski definition) is 2. The molecule has 15 heavy (non-hydrogen) atoms. The van der Waals surface area contributed by atoms with Crippen molar-refractivity contribution in [1.29, 1.82) is 0 Å². The zero-order valence-corrected chi connectivity index (χ0v) is 10.1. The number of nitrogens with zero attached hydrogens (tertiary/aromatic N) is 1. The van der Waals surface area contributed by atoms with Crippen molar-refractivity contribution in [3.05, 3.63) is 0 Å². The minimum absolute atomic E-state index is 0.560. The van der Waals surface area contributed by atoms with E-state index in [1.165, 1.54) is 32.1 Å². The molecule has 3 nitrogen and oxygen atoms in total. The van der Waals surface area contributed by atoms with Gasteiger partial charge in [0.25, 0.3) is 0 Å². The van der Waals surface area contributed by atoms with Gasteiger partial charge in [-0.05, 0) is 25.2 Å². The van der Waals surface area contributed by atoms with Gasteiger partial charge >= 0.3 is 0 Å². The molecular weight excluding hydrogens is 186 g/mol. The van der Waals surface area contributed by atoms with E-state index in [0.29, 0.717) is 12.0 Å². The Morgan fingerprint density at radius 2 is 2.07 bits per heavy atom. The minimum atomic E-state index is 0.560. The van der Waals surface area contributed by atoms with Gasteiger partial charge in [0.05, 0.1) is 0 Å². The van der Waals surface area contributed by atoms with Crippen LogP contribution in [0.1, 0.15) is 52.4 Å². The molecule has 0 aliphatic heterocycles. The van der Waals surface area contributed by atoms with Crippen LogP contribution in [0, 0.1) is 5.92 Å². The van der Waals surface area contributed by atoms with Crippen molar-refractivity contribution >= 4 is 5.96 Å². The van der Waals surface area contributed by atoms with E-state index in [9.17, 15) is 0 Å². The third-order valence-corrected chi connectivity index (χ3v) is 3.27. The Bertz CT molecular complexity index is 201. The molecule has 0 bridgehead atoms. The van der Waals surface area contributed by atoms with Crippen LogP contribution in [0.25, 0.3) is 0 Å². The molecular formula is C12H25N3. The average molecular weight is 211 g/mol. The Labute approximate surface area is 93.5 Å². The van der Waals surface area contributed by atoms with Gasteiger partial charge in [0.15, 0.2) is 5.96 Å². The summed E-state index contributed by atoms with van der Waals surface area (Å²) in [6, 6.07) is 0.560. The van der Waals surface area contributed by atoms with E-state index in [0.717, 1.165) is 18.9 Å². The molecule has 0 aromatic carbocycles. The number of aliphatic imine (C=N–C) groups is 1. The molecule has 1 aliphatic rings. The zero-order valence-electron chi connectivity index (χ0n) is 10.1. The quantitative estimate of drug-likeness (QED) is 0.553. The van der Waals surface area contributed by atoms with Crippen molar-refractivity contribution in [2.24, 2.45) is 16.6 Å². The topological polar surface area (TPSA) is 50.4 Å². The molecule has 0 amide bonds. The molecule has 1 aliphatic carbocycles. The Morgan fingerprint density at radius 1 is 1.33 bits per heavy atom. The number of nitrogens with two attached hydrogens (primary N) is 1. The van der Waals surface area contributed by atoms with Gasteiger partial charge in [0, 0.05) is 12.6 Å². The largest absolute Gasteiger partial charge is 0.370 e. The molecule has 1 fully saturated rings. The minimum Gasteiger partial charge on any atom is -0.370 e. The first-order valence-corrected chi connectivity index (χ1v) is 6.34. The van der Waals surface area contributed by atoms with E-state index in [1.54, 1.807) is 0 Å². The van der Waals surface area contributed by atoms with Crippen LogP contribution in [-0.2, 0) is 0 Å². The lowest BCUT2D eigenvalue weighted by molar-refractivity contribution is 0.279. The summed E-state index contributed by atoms with van der Waals surface area (Å²) < 4.78 is 0. The fraction of sp³-hybridized carbons (Fsp3) is 0.917. The van der Waals surface area contributed by atoms with Crippen molar-refractivity contribution in [3.63, 3.8) is 0 Å². The Morgan fingerprint density at radius 3 is 2.73 bits per heavy atom. The molecule has 0 radical (unpaired) electrons. The number of nitrogens with one attached hydrogen (secondary N) is 1. The van der Waals surface area contributed by atoms with Crippen molar-refractivity contribution in [3.8, 4) is 0 Å². The standard InChI is InChI=1S/C12H25N3/c1-3-9-14-12(13)15-11-8-6-5-7-10(11)4-2/h10-11H,3-9H2,1-2H3,(H3,13,14,15). The van der Waals surface area contributed by atoms with Gasteiger partial charge in [0.2, 0.25) is 0 Å². The van der Waals surface area contributed by atoms with Crippen molar-refractivity contribution < 1.29 is 0 Å². The second-order valence-electron chi connectivity index (χ2n) is 4.47. The van der Waals surface area contributed by atoms with Gasteiger partial charge in [-0.3, -0.25) is 4.99 Å². The third-order valence-electron chi connectivity index (χ3n) is 3.27. The first-order valence-electron chi connectivity index (χ1n) is 6.34. The Hall–Kier alpha value is -0.730. The molecule has 2 unspecified atom stereocenters. The maximum absolute atomic E-state index is 5.85.